The van der Waals surface area contributed by atoms with Gasteiger partial charge in [-0.3, -0.25) is 9.59 Å². The van der Waals surface area contributed by atoms with Crippen LogP contribution in [0.4, 0.5) is 11.4 Å². The summed E-state index contributed by atoms with van der Waals surface area (Å²) in [4.78, 5) is 23.7. The summed E-state index contributed by atoms with van der Waals surface area (Å²) >= 11 is 0. The number of carbonyl (C=O) groups excluding carboxylic acids is 2. The van der Waals surface area contributed by atoms with E-state index in [1.165, 1.54) is 0 Å². The first kappa shape index (κ1) is 18.5. The van der Waals surface area contributed by atoms with Crippen molar-refractivity contribution in [1.82, 2.24) is 5.32 Å². The van der Waals surface area contributed by atoms with Gasteiger partial charge in [-0.2, -0.15) is 0 Å². The molecule has 2 amide bonds. The predicted molar refractivity (Wildman–Crippen MR) is 91.4 cm³/mol. The van der Waals surface area contributed by atoms with E-state index in [2.05, 4.69) is 16.0 Å². The monoisotopic (exact) mass is 325 g/mol. The molecule has 1 heterocycles. The summed E-state index contributed by atoms with van der Waals surface area (Å²) in [6.45, 7) is 4.60. The van der Waals surface area contributed by atoms with Gasteiger partial charge in [-0.25, -0.2) is 0 Å². The summed E-state index contributed by atoms with van der Waals surface area (Å²) in [5.74, 6) is -0.0615. The zero-order chi connectivity index (χ0) is 15.2. The van der Waals surface area contributed by atoms with Crippen molar-refractivity contribution in [3.8, 4) is 0 Å². The Hall–Kier alpha value is -1.59. The third-order valence-corrected chi connectivity index (χ3v) is 3.57. The van der Waals surface area contributed by atoms with Crippen molar-refractivity contribution in [3.63, 3.8) is 0 Å². The summed E-state index contributed by atoms with van der Waals surface area (Å²) < 4.78 is 0. The molecular weight excluding hydrogens is 302 g/mol. The minimum absolute atomic E-state index is 0. The van der Waals surface area contributed by atoms with Gasteiger partial charge in [0.2, 0.25) is 11.8 Å². The number of nitrogens with one attached hydrogen (secondary N) is 3. The van der Waals surface area contributed by atoms with Crippen LogP contribution < -0.4 is 16.0 Å². The molecule has 122 valence electrons. The fourth-order valence-corrected chi connectivity index (χ4v) is 2.23. The Morgan fingerprint density at radius 2 is 1.68 bits per heavy atom. The summed E-state index contributed by atoms with van der Waals surface area (Å²) in [6.07, 6.45) is 3.10. The van der Waals surface area contributed by atoms with E-state index in [0.717, 1.165) is 37.2 Å². The third kappa shape index (κ3) is 5.31. The van der Waals surface area contributed by atoms with Gasteiger partial charge in [0, 0.05) is 17.3 Å². The lowest BCUT2D eigenvalue weighted by molar-refractivity contribution is -0.119. The van der Waals surface area contributed by atoms with Crippen molar-refractivity contribution >= 4 is 35.6 Å². The lowest BCUT2D eigenvalue weighted by atomic mass is 10.0. The van der Waals surface area contributed by atoms with E-state index in [1.54, 1.807) is 24.3 Å². The molecule has 0 unspecified atom stereocenters. The SMILES string of the molecule is CC(C)C(=O)Nc1ccc(NC(=O)[C@@H]2CCCCN2)cc1.Cl. The first-order valence-electron chi connectivity index (χ1n) is 7.51. The van der Waals surface area contributed by atoms with Gasteiger partial charge in [0.15, 0.2) is 0 Å². The number of amides is 2. The molecule has 1 aromatic carbocycles. The third-order valence-electron chi connectivity index (χ3n) is 3.57. The molecular formula is C16H24ClN3O2. The van der Waals surface area contributed by atoms with Crippen LogP contribution in [-0.4, -0.2) is 24.4 Å². The highest BCUT2D eigenvalue weighted by Gasteiger charge is 2.20. The highest BCUT2D eigenvalue weighted by molar-refractivity contribution is 5.96. The van der Waals surface area contributed by atoms with Crippen LogP contribution in [0.15, 0.2) is 24.3 Å². The van der Waals surface area contributed by atoms with Gasteiger partial charge in [0.05, 0.1) is 6.04 Å². The lowest BCUT2D eigenvalue weighted by Crippen LogP contribution is -2.43. The maximum atomic E-state index is 12.1. The number of halogens is 1. The van der Waals surface area contributed by atoms with Gasteiger partial charge in [-0.15, -0.1) is 12.4 Å². The van der Waals surface area contributed by atoms with E-state index in [0.29, 0.717) is 0 Å². The molecule has 0 radical (unpaired) electrons. The number of benzene rings is 1. The van der Waals surface area contributed by atoms with Crippen molar-refractivity contribution < 1.29 is 9.59 Å². The summed E-state index contributed by atoms with van der Waals surface area (Å²) in [6, 6.07) is 7.10. The van der Waals surface area contributed by atoms with Crippen LogP contribution in [0.1, 0.15) is 33.1 Å². The van der Waals surface area contributed by atoms with Gasteiger partial charge in [0.1, 0.15) is 0 Å². The number of rotatable bonds is 4. The molecule has 0 spiro atoms. The Bertz CT molecular complexity index is 497. The second-order valence-electron chi connectivity index (χ2n) is 5.71. The second-order valence-corrected chi connectivity index (χ2v) is 5.71. The van der Waals surface area contributed by atoms with Crippen LogP contribution in [0.5, 0.6) is 0 Å². The highest BCUT2D eigenvalue weighted by Crippen LogP contribution is 2.16. The lowest BCUT2D eigenvalue weighted by Gasteiger charge is -2.22. The van der Waals surface area contributed by atoms with E-state index < -0.39 is 0 Å². The minimum atomic E-state index is -0.0981. The molecule has 1 aliphatic rings. The molecule has 0 bridgehead atoms. The largest absolute Gasteiger partial charge is 0.326 e. The van der Waals surface area contributed by atoms with Crippen molar-refractivity contribution in [2.75, 3.05) is 17.2 Å². The molecule has 1 aliphatic heterocycles. The molecule has 0 aliphatic carbocycles. The number of hydrogen-bond donors (Lipinski definition) is 3. The van der Waals surface area contributed by atoms with E-state index in [9.17, 15) is 9.59 Å². The standard InChI is InChI=1S/C16H23N3O2.ClH/c1-11(2)15(20)18-12-6-8-13(9-7-12)19-16(21)14-5-3-4-10-17-14;/h6-9,11,14,17H,3-5,10H2,1-2H3,(H,18,20)(H,19,21);1H/t14-;/m0./s1. The Morgan fingerprint density at radius 3 is 2.18 bits per heavy atom. The van der Waals surface area contributed by atoms with Crippen LogP contribution in [-0.2, 0) is 9.59 Å². The van der Waals surface area contributed by atoms with Crippen molar-refractivity contribution in [2.24, 2.45) is 5.92 Å². The maximum Gasteiger partial charge on any atom is 0.241 e. The van der Waals surface area contributed by atoms with Crippen molar-refractivity contribution in [1.29, 1.82) is 0 Å². The Morgan fingerprint density at radius 1 is 1.09 bits per heavy atom. The van der Waals surface area contributed by atoms with Gasteiger partial charge in [0.25, 0.3) is 0 Å². The van der Waals surface area contributed by atoms with E-state index >= 15 is 0 Å². The molecule has 6 heteroatoms. The summed E-state index contributed by atoms with van der Waals surface area (Å²) in [7, 11) is 0. The van der Waals surface area contributed by atoms with Crippen LogP contribution in [0, 0.1) is 5.92 Å². The molecule has 1 atom stereocenters. The first-order chi connectivity index (χ1) is 10.1. The number of carbonyl (C=O) groups is 2. The van der Waals surface area contributed by atoms with Crippen molar-refractivity contribution in [2.45, 2.75) is 39.2 Å². The van der Waals surface area contributed by atoms with E-state index in [-0.39, 0.29) is 36.2 Å². The molecule has 0 saturated carbocycles. The zero-order valence-electron chi connectivity index (χ0n) is 13.0. The normalized spacial score (nSPS) is 17.5. The first-order valence-corrected chi connectivity index (χ1v) is 7.51. The van der Waals surface area contributed by atoms with Crippen molar-refractivity contribution in [3.05, 3.63) is 24.3 Å². The average Bonchev–Trinajstić information content (AvgIpc) is 2.50. The van der Waals surface area contributed by atoms with Gasteiger partial charge < -0.3 is 16.0 Å². The highest BCUT2D eigenvalue weighted by atomic mass is 35.5. The molecule has 3 N–H and O–H groups in total. The molecule has 2 rings (SSSR count). The summed E-state index contributed by atoms with van der Waals surface area (Å²) in [5.41, 5.74) is 1.48. The fourth-order valence-electron chi connectivity index (χ4n) is 2.23. The van der Waals surface area contributed by atoms with Crippen LogP contribution in [0.3, 0.4) is 0 Å². The minimum Gasteiger partial charge on any atom is -0.326 e. The van der Waals surface area contributed by atoms with Crippen LogP contribution >= 0.6 is 12.4 Å². The topological polar surface area (TPSA) is 70.2 Å². The Balaban J connectivity index is 0.00000242. The number of hydrogen-bond acceptors (Lipinski definition) is 3. The molecule has 0 aromatic heterocycles. The number of anilines is 2. The van der Waals surface area contributed by atoms with Crippen LogP contribution in [0.25, 0.3) is 0 Å². The maximum absolute atomic E-state index is 12.1. The molecule has 5 nitrogen and oxygen atoms in total. The van der Waals surface area contributed by atoms with Gasteiger partial charge in [-0.05, 0) is 43.7 Å². The Labute approximate surface area is 137 Å². The Kier molecular flexibility index (Phi) is 7.35. The molecule has 1 fully saturated rings. The fraction of sp³-hybridized carbons (Fsp3) is 0.500. The number of piperidine rings is 1. The zero-order valence-corrected chi connectivity index (χ0v) is 13.8. The van der Waals surface area contributed by atoms with Gasteiger partial charge in [-0.1, -0.05) is 20.3 Å². The van der Waals surface area contributed by atoms with E-state index in [1.807, 2.05) is 13.8 Å². The van der Waals surface area contributed by atoms with Crippen LogP contribution in [0.2, 0.25) is 0 Å². The van der Waals surface area contributed by atoms with E-state index in [4.69, 9.17) is 0 Å². The smallest absolute Gasteiger partial charge is 0.241 e. The summed E-state index contributed by atoms with van der Waals surface area (Å²) in [5, 5.41) is 8.94. The molecule has 1 saturated heterocycles. The predicted octanol–water partition coefficient (Wildman–Crippen LogP) is 2.78. The quantitative estimate of drug-likeness (QED) is 0.797. The average molecular weight is 326 g/mol. The molecule has 1 aromatic rings. The molecule has 22 heavy (non-hydrogen) atoms. The van der Waals surface area contributed by atoms with Gasteiger partial charge >= 0.3 is 0 Å². The second kappa shape index (κ2) is 8.76.